The van der Waals surface area contributed by atoms with Crippen molar-refractivity contribution in [1.29, 1.82) is 0 Å². The van der Waals surface area contributed by atoms with Gasteiger partial charge in [0.15, 0.2) is 0 Å². The maximum Gasteiger partial charge on any atom is 0.259 e. The van der Waals surface area contributed by atoms with Crippen LogP contribution in [0.2, 0.25) is 0 Å². The molecule has 0 aliphatic carbocycles. The van der Waals surface area contributed by atoms with E-state index in [1.165, 1.54) is 0 Å². The lowest BCUT2D eigenvalue weighted by Crippen LogP contribution is -2.26. The highest BCUT2D eigenvalue weighted by molar-refractivity contribution is 6.05. The third-order valence-electron chi connectivity index (χ3n) is 2.72. The number of hydrogen-bond donors (Lipinski definition) is 1. The lowest BCUT2D eigenvalue weighted by molar-refractivity contribution is 0.0992. The largest absolute Gasteiger partial charge is 0.370 e. The first-order chi connectivity index (χ1) is 9.22. The van der Waals surface area contributed by atoms with Crippen LogP contribution in [0.25, 0.3) is 0 Å². The van der Waals surface area contributed by atoms with E-state index in [1.807, 2.05) is 6.92 Å². The normalized spacial score (nSPS) is 10.0. The summed E-state index contributed by atoms with van der Waals surface area (Å²) in [4.78, 5) is 22.0. The summed E-state index contributed by atoms with van der Waals surface area (Å²) in [6.07, 6.45) is 4.90. The van der Waals surface area contributed by atoms with Crippen LogP contribution in [-0.4, -0.2) is 29.5 Å². The molecule has 2 aromatic rings. The molecule has 0 radical (unpaired) electrons. The van der Waals surface area contributed by atoms with Gasteiger partial charge in [0.2, 0.25) is 0 Å². The summed E-state index contributed by atoms with van der Waals surface area (Å²) in [5, 5.41) is 3.09. The molecule has 98 valence electrons. The van der Waals surface area contributed by atoms with Crippen LogP contribution in [0.15, 0.2) is 42.9 Å². The third kappa shape index (κ3) is 3.07. The number of pyridine rings is 2. The molecule has 0 aliphatic rings. The van der Waals surface area contributed by atoms with Crippen LogP contribution in [-0.2, 0) is 0 Å². The molecule has 0 aliphatic heterocycles. The van der Waals surface area contributed by atoms with Crippen LogP contribution < -0.4 is 10.2 Å². The Morgan fingerprint density at radius 1 is 1.26 bits per heavy atom. The van der Waals surface area contributed by atoms with Gasteiger partial charge in [-0.05, 0) is 31.2 Å². The predicted octanol–water partition coefficient (Wildman–Crippen LogP) is 2.18. The zero-order valence-corrected chi connectivity index (χ0v) is 11.0. The van der Waals surface area contributed by atoms with E-state index in [1.54, 1.807) is 54.8 Å². The molecule has 0 bridgehead atoms. The predicted molar refractivity (Wildman–Crippen MR) is 75.4 cm³/mol. The van der Waals surface area contributed by atoms with E-state index >= 15 is 0 Å². The van der Waals surface area contributed by atoms with E-state index < -0.39 is 0 Å². The number of nitrogens with one attached hydrogen (secondary N) is 1. The van der Waals surface area contributed by atoms with Gasteiger partial charge < -0.3 is 10.2 Å². The summed E-state index contributed by atoms with van der Waals surface area (Å²) in [6, 6.07) is 7.15. The van der Waals surface area contributed by atoms with Crippen LogP contribution in [0.5, 0.6) is 0 Å². The molecule has 1 amide bonds. The smallest absolute Gasteiger partial charge is 0.259 e. The minimum atomic E-state index is -0.0956. The van der Waals surface area contributed by atoms with E-state index in [-0.39, 0.29) is 5.91 Å². The Hall–Kier alpha value is -2.43. The molecule has 0 saturated carbocycles. The lowest BCUT2D eigenvalue weighted by Gasteiger charge is -2.17. The zero-order valence-electron chi connectivity index (χ0n) is 11.0. The van der Waals surface area contributed by atoms with Gasteiger partial charge in [-0.2, -0.15) is 0 Å². The van der Waals surface area contributed by atoms with E-state index in [4.69, 9.17) is 0 Å². The Kier molecular flexibility index (Phi) is 4.07. The second-order valence-electron chi connectivity index (χ2n) is 4.03. The number of amides is 1. The molecule has 0 aromatic carbocycles. The van der Waals surface area contributed by atoms with Gasteiger partial charge in [-0.3, -0.25) is 9.78 Å². The van der Waals surface area contributed by atoms with E-state index in [9.17, 15) is 4.79 Å². The fourth-order valence-corrected chi connectivity index (χ4v) is 1.68. The van der Waals surface area contributed by atoms with Crippen molar-refractivity contribution in [1.82, 2.24) is 9.97 Å². The molecular formula is C14H16N4O. The average molecular weight is 256 g/mol. The topological polar surface area (TPSA) is 58.1 Å². The van der Waals surface area contributed by atoms with Crippen molar-refractivity contribution in [2.45, 2.75) is 6.92 Å². The molecule has 5 nitrogen and oxygen atoms in total. The molecule has 2 aromatic heterocycles. The molecule has 0 fully saturated rings. The first kappa shape index (κ1) is 13.0. The summed E-state index contributed by atoms with van der Waals surface area (Å²) in [5.41, 5.74) is 1.36. The standard InChI is InChI=1S/C14H16N4O/c1-3-16-13-5-4-11(10-17-13)14(19)18(2)12-6-8-15-9-7-12/h4-10H,3H2,1-2H3,(H,16,17). The maximum absolute atomic E-state index is 12.3. The van der Waals surface area contributed by atoms with Gasteiger partial charge in [-0.1, -0.05) is 0 Å². The van der Waals surface area contributed by atoms with E-state index in [2.05, 4.69) is 15.3 Å². The highest BCUT2D eigenvalue weighted by Gasteiger charge is 2.13. The molecule has 0 saturated heterocycles. The van der Waals surface area contributed by atoms with Gasteiger partial charge in [0.05, 0.1) is 5.56 Å². The minimum absolute atomic E-state index is 0.0956. The first-order valence-corrected chi connectivity index (χ1v) is 6.10. The van der Waals surface area contributed by atoms with Gasteiger partial charge >= 0.3 is 0 Å². The molecule has 5 heteroatoms. The van der Waals surface area contributed by atoms with Gasteiger partial charge in [-0.15, -0.1) is 0 Å². The van der Waals surface area contributed by atoms with Crippen LogP contribution in [0.3, 0.4) is 0 Å². The Labute approximate surface area is 112 Å². The fourth-order valence-electron chi connectivity index (χ4n) is 1.68. The second-order valence-corrected chi connectivity index (χ2v) is 4.03. The van der Waals surface area contributed by atoms with Crippen molar-refractivity contribution in [3.63, 3.8) is 0 Å². The van der Waals surface area contributed by atoms with E-state index in [0.29, 0.717) is 5.56 Å². The monoisotopic (exact) mass is 256 g/mol. The Balaban J connectivity index is 2.15. The fraction of sp³-hybridized carbons (Fsp3) is 0.214. The van der Waals surface area contributed by atoms with Crippen molar-refractivity contribution < 1.29 is 4.79 Å². The quantitative estimate of drug-likeness (QED) is 0.911. The Morgan fingerprint density at radius 2 is 2.00 bits per heavy atom. The van der Waals surface area contributed by atoms with Crippen LogP contribution >= 0.6 is 0 Å². The zero-order chi connectivity index (χ0) is 13.7. The molecular weight excluding hydrogens is 240 g/mol. The summed E-state index contributed by atoms with van der Waals surface area (Å²) >= 11 is 0. The molecule has 1 N–H and O–H groups in total. The average Bonchev–Trinajstić information content (AvgIpc) is 2.48. The molecule has 2 rings (SSSR count). The number of carbonyl (C=O) groups is 1. The number of hydrogen-bond acceptors (Lipinski definition) is 4. The first-order valence-electron chi connectivity index (χ1n) is 6.10. The van der Waals surface area contributed by atoms with Crippen LogP contribution in [0.1, 0.15) is 17.3 Å². The van der Waals surface area contributed by atoms with Gasteiger partial charge in [-0.25, -0.2) is 4.98 Å². The number of anilines is 2. The van der Waals surface area contributed by atoms with Gasteiger partial charge in [0.1, 0.15) is 5.82 Å². The summed E-state index contributed by atoms with van der Waals surface area (Å²) in [5.74, 6) is 0.673. The third-order valence-corrected chi connectivity index (χ3v) is 2.72. The summed E-state index contributed by atoms with van der Waals surface area (Å²) in [7, 11) is 1.73. The van der Waals surface area contributed by atoms with Crippen molar-refractivity contribution in [2.75, 3.05) is 23.8 Å². The number of carbonyl (C=O) groups excluding carboxylic acids is 1. The minimum Gasteiger partial charge on any atom is -0.370 e. The lowest BCUT2D eigenvalue weighted by atomic mass is 10.2. The summed E-state index contributed by atoms with van der Waals surface area (Å²) < 4.78 is 0. The van der Waals surface area contributed by atoms with Gasteiger partial charge in [0, 0.05) is 37.9 Å². The molecule has 0 atom stereocenters. The van der Waals surface area contributed by atoms with Crippen LogP contribution in [0.4, 0.5) is 11.5 Å². The number of rotatable bonds is 4. The summed E-state index contributed by atoms with van der Waals surface area (Å²) in [6.45, 7) is 2.80. The Morgan fingerprint density at radius 3 is 2.58 bits per heavy atom. The Bertz CT molecular complexity index is 539. The maximum atomic E-state index is 12.3. The highest BCUT2D eigenvalue weighted by Crippen LogP contribution is 2.14. The molecule has 0 unspecified atom stereocenters. The second kappa shape index (κ2) is 5.95. The molecule has 0 spiro atoms. The van der Waals surface area contributed by atoms with Crippen molar-refractivity contribution in [3.8, 4) is 0 Å². The number of aromatic nitrogens is 2. The van der Waals surface area contributed by atoms with Gasteiger partial charge in [0.25, 0.3) is 5.91 Å². The number of nitrogens with zero attached hydrogens (tertiary/aromatic N) is 3. The van der Waals surface area contributed by atoms with Crippen molar-refractivity contribution in [2.24, 2.45) is 0 Å². The highest BCUT2D eigenvalue weighted by atomic mass is 16.2. The molecule has 2 heterocycles. The van der Waals surface area contributed by atoms with E-state index in [0.717, 1.165) is 18.1 Å². The van der Waals surface area contributed by atoms with Crippen molar-refractivity contribution >= 4 is 17.4 Å². The van der Waals surface area contributed by atoms with Crippen LogP contribution in [0, 0.1) is 0 Å². The SMILES string of the molecule is CCNc1ccc(C(=O)N(C)c2ccncc2)cn1. The molecule has 19 heavy (non-hydrogen) atoms. The van der Waals surface area contributed by atoms with Crippen molar-refractivity contribution in [3.05, 3.63) is 48.4 Å².